The number of non-ortho nitro benzene ring substituents is 1. The Balaban J connectivity index is 2.47. The minimum Gasteiger partial charge on any atom is -0.459 e. The van der Waals surface area contributed by atoms with E-state index in [-0.39, 0.29) is 5.69 Å². The van der Waals surface area contributed by atoms with Crippen molar-refractivity contribution < 1.29 is 14.1 Å². The molecule has 78 valence electrons. The van der Waals surface area contributed by atoms with Gasteiger partial charge < -0.3 is 9.15 Å². The zero-order valence-electron chi connectivity index (χ0n) is 8.10. The van der Waals surface area contributed by atoms with Crippen LogP contribution in [0.3, 0.4) is 0 Å². The standard InChI is InChI=1S/C10H9NO4/c1-14-6-9-5-7-4-8(11(12)13)2-3-10(7)15-9/h2-5H,6H2,1H3. The molecule has 0 radical (unpaired) electrons. The summed E-state index contributed by atoms with van der Waals surface area (Å²) >= 11 is 0. The Morgan fingerprint density at radius 1 is 1.47 bits per heavy atom. The summed E-state index contributed by atoms with van der Waals surface area (Å²) in [6.45, 7) is 0.364. The molecule has 2 aromatic rings. The normalized spacial score (nSPS) is 10.7. The van der Waals surface area contributed by atoms with E-state index in [0.717, 1.165) is 5.39 Å². The summed E-state index contributed by atoms with van der Waals surface area (Å²) in [5.74, 6) is 0.660. The summed E-state index contributed by atoms with van der Waals surface area (Å²) in [6.07, 6.45) is 0. The first-order valence-corrected chi connectivity index (χ1v) is 4.36. The van der Waals surface area contributed by atoms with Gasteiger partial charge in [-0.3, -0.25) is 10.1 Å². The number of ether oxygens (including phenoxy) is 1. The second kappa shape index (κ2) is 3.70. The van der Waals surface area contributed by atoms with E-state index < -0.39 is 4.92 Å². The summed E-state index contributed by atoms with van der Waals surface area (Å²) < 4.78 is 10.3. The van der Waals surface area contributed by atoms with Gasteiger partial charge in [0, 0.05) is 24.6 Å². The van der Waals surface area contributed by atoms with Gasteiger partial charge in [-0.15, -0.1) is 0 Å². The Bertz CT molecular complexity index is 503. The number of hydrogen-bond acceptors (Lipinski definition) is 4. The maximum absolute atomic E-state index is 10.5. The molecule has 0 aliphatic rings. The van der Waals surface area contributed by atoms with Gasteiger partial charge in [-0.1, -0.05) is 0 Å². The van der Waals surface area contributed by atoms with E-state index in [1.54, 1.807) is 19.2 Å². The van der Waals surface area contributed by atoms with Crippen LogP contribution in [-0.4, -0.2) is 12.0 Å². The molecule has 0 atom stereocenters. The molecule has 2 rings (SSSR count). The minimum absolute atomic E-state index is 0.0623. The number of rotatable bonds is 3. The lowest BCUT2D eigenvalue weighted by Crippen LogP contribution is -1.85. The quantitative estimate of drug-likeness (QED) is 0.572. The van der Waals surface area contributed by atoms with Crippen LogP contribution in [0.5, 0.6) is 0 Å². The van der Waals surface area contributed by atoms with Crippen LogP contribution in [0.25, 0.3) is 11.0 Å². The van der Waals surface area contributed by atoms with Gasteiger partial charge in [-0.25, -0.2) is 0 Å². The van der Waals surface area contributed by atoms with Gasteiger partial charge in [-0.2, -0.15) is 0 Å². The van der Waals surface area contributed by atoms with E-state index in [1.807, 2.05) is 0 Å². The van der Waals surface area contributed by atoms with E-state index in [0.29, 0.717) is 18.0 Å². The molecule has 1 aromatic heterocycles. The molecule has 1 aromatic carbocycles. The van der Waals surface area contributed by atoms with Crippen molar-refractivity contribution in [1.29, 1.82) is 0 Å². The molecule has 0 N–H and O–H groups in total. The maximum Gasteiger partial charge on any atom is 0.270 e. The summed E-state index contributed by atoms with van der Waals surface area (Å²) in [4.78, 5) is 10.1. The zero-order valence-corrected chi connectivity index (χ0v) is 8.10. The Kier molecular flexibility index (Phi) is 2.39. The molecule has 0 unspecified atom stereocenters. The van der Waals surface area contributed by atoms with Gasteiger partial charge >= 0.3 is 0 Å². The van der Waals surface area contributed by atoms with E-state index in [4.69, 9.17) is 9.15 Å². The molecule has 0 aliphatic carbocycles. The third-order valence-electron chi connectivity index (χ3n) is 2.05. The van der Waals surface area contributed by atoms with Crippen LogP contribution in [0, 0.1) is 10.1 Å². The molecule has 0 saturated carbocycles. The Morgan fingerprint density at radius 2 is 2.27 bits per heavy atom. The van der Waals surface area contributed by atoms with Crippen LogP contribution in [-0.2, 0) is 11.3 Å². The van der Waals surface area contributed by atoms with Crippen molar-refractivity contribution in [3.8, 4) is 0 Å². The molecule has 0 spiro atoms. The number of fused-ring (bicyclic) bond motifs is 1. The predicted molar refractivity (Wildman–Crippen MR) is 53.6 cm³/mol. The van der Waals surface area contributed by atoms with Crippen molar-refractivity contribution in [3.05, 3.63) is 40.1 Å². The molecule has 5 nitrogen and oxygen atoms in total. The van der Waals surface area contributed by atoms with Gasteiger partial charge in [0.15, 0.2) is 0 Å². The highest BCUT2D eigenvalue weighted by Crippen LogP contribution is 2.24. The average Bonchev–Trinajstić information content (AvgIpc) is 2.59. The minimum atomic E-state index is -0.428. The van der Waals surface area contributed by atoms with Crippen LogP contribution >= 0.6 is 0 Å². The van der Waals surface area contributed by atoms with E-state index in [9.17, 15) is 10.1 Å². The number of methoxy groups -OCH3 is 1. The smallest absolute Gasteiger partial charge is 0.270 e. The monoisotopic (exact) mass is 207 g/mol. The lowest BCUT2D eigenvalue weighted by atomic mass is 10.2. The van der Waals surface area contributed by atoms with E-state index in [1.165, 1.54) is 12.1 Å². The van der Waals surface area contributed by atoms with Crippen molar-refractivity contribution in [2.24, 2.45) is 0 Å². The molecule has 0 aliphatic heterocycles. The molecule has 0 saturated heterocycles. The van der Waals surface area contributed by atoms with Gasteiger partial charge in [0.05, 0.1) is 4.92 Å². The Morgan fingerprint density at radius 3 is 2.93 bits per heavy atom. The fraction of sp³-hybridized carbons (Fsp3) is 0.200. The van der Waals surface area contributed by atoms with Gasteiger partial charge in [0.25, 0.3) is 5.69 Å². The van der Waals surface area contributed by atoms with Crippen molar-refractivity contribution >= 4 is 16.7 Å². The van der Waals surface area contributed by atoms with Gasteiger partial charge in [0.2, 0.25) is 0 Å². The van der Waals surface area contributed by atoms with E-state index >= 15 is 0 Å². The second-order valence-corrected chi connectivity index (χ2v) is 3.12. The first-order chi connectivity index (χ1) is 7.20. The molecule has 0 bridgehead atoms. The molecular weight excluding hydrogens is 198 g/mol. The first-order valence-electron chi connectivity index (χ1n) is 4.36. The van der Waals surface area contributed by atoms with Crippen LogP contribution in [0.1, 0.15) is 5.76 Å². The van der Waals surface area contributed by atoms with Crippen molar-refractivity contribution in [3.63, 3.8) is 0 Å². The van der Waals surface area contributed by atoms with Crippen molar-refractivity contribution in [1.82, 2.24) is 0 Å². The van der Waals surface area contributed by atoms with Crippen molar-refractivity contribution in [2.45, 2.75) is 6.61 Å². The molecular formula is C10H9NO4. The number of benzene rings is 1. The molecule has 0 amide bonds. The summed E-state index contributed by atoms with van der Waals surface area (Å²) in [5.41, 5.74) is 0.694. The SMILES string of the molecule is COCc1cc2cc([N+](=O)[O-])ccc2o1. The fourth-order valence-electron chi connectivity index (χ4n) is 1.41. The Labute approximate surface area is 85.4 Å². The van der Waals surface area contributed by atoms with Gasteiger partial charge in [0.1, 0.15) is 18.0 Å². The largest absolute Gasteiger partial charge is 0.459 e. The van der Waals surface area contributed by atoms with Crippen molar-refractivity contribution in [2.75, 3.05) is 7.11 Å². The lowest BCUT2D eigenvalue weighted by molar-refractivity contribution is -0.384. The third kappa shape index (κ3) is 1.82. The number of nitrogens with zero attached hydrogens (tertiary/aromatic N) is 1. The fourth-order valence-corrected chi connectivity index (χ4v) is 1.41. The van der Waals surface area contributed by atoms with Crippen LogP contribution in [0.2, 0.25) is 0 Å². The van der Waals surface area contributed by atoms with Gasteiger partial charge in [-0.05, 0) is 12.1 Å². The number of hydrogen-bond donors (Lipinski definition) is 0. The molecule has 5 heteroatoms. The third-order valence-corrected chi connectivity index (χ3v) is 2.05. The molecule has 15 heavy (non-hydrogen) atoms. The van der Waals surface area contributed by atoms with Crippen LogP contribution in [0.4, 0.5) is 5.69 Å². The maximum atomic E-state index is 10.5. The van der Waals surface area contributed by atoms with Crippen LogP contribution < -0.4 is 0 Å². The number of nitro groups is 1. The second-order valence-electron chi connectivity index (χ2n) is 3.12. The number of nitro benzene ring substituents is 1. The highest BCUT2D eigenvalue weighted by Gasteiger charge is 2.09. The topological polar surface area (TPSA) is 65.5 Å². The number of furan rings is 1. The molecule has 0 fully saturated rings. The summed E-state index contributed by atoms with van der Waals surface area (Å²) in [6, 6.07) is 6.23. The lowest BCUT2D eigenvalue weighted by Gasteiger charge is -1.90. The summed E-state index contributed by atoms with van der Waals surface area (Å²) in [7, 11) is 1.57. The molecule has 1 heterocycles. The zero-order chi connectivity index (χ0) is 10.8. The average molecular weight is 207 g/mol. The first kappa shape index (κ1) is 9.67. The highest BCUT2D eigenvalue weighted by atomic mass is 16.6. The van der Waals surface area contributed by atoms with E-state index in [2.05, 4.69) is 0 Å². The predicted octanol–water partition coefficient (Wildman–Crippen LogP) is 2.49. The highest BCUT2D eigenvalue weighted by molar-refractivity contribution is 5.80. The van der Waals surface area contributed by atoms with Crippen LogP contribution in [0.15, 0.2) is 28.7 Å². The Hall–Kier alpha value is -1.88. The summed E-state index contributed by atoms with van der Waals surface area (Å²) in [5, 5.41) is 11.2.